The van der Waals surface area contributed by atoms with Crippen LogP contribution in [0.1, 0.15) is 33.7 Å². The molecule has 11 heteroatoms. The van der Waals surface area contributed by atoms with Crippen LogP contribution in [0.4, 0.5) is 0 Å². The molecule has 0 saturated carbocycles. The van der Waals surface area contributed by atoms with Gasteiger partial charge in [-0.3, -0.25) is 4.79 Å². The Hall–Kier alpha value is -2.93. The molecule has 2 heterocycles. The van der Waals surface area contributed by atoms with E-state index in [-0.39, 0.29) is 11.5 Å². The van der Waals surface area contributed by atoms with Crippen molar-refractivity contribution in [1.82, 2.24) is 0 Å². The number of fused-ring (bicyclic) bond motifs is 1. The van der Waals surface area contributed by atoms with Gasteiger partial charge in [0.15, 0.2) is 12.2 Å². The average Bonchev–Trinajstić information content (AvgIpc) is 2.76. The minimum Gasteiger partial charge on any atom is -0.508 e. The van der Waals surface area contributed by atoms with Crippen molar-refractivity contribution in [3.05, 3.63) is 47.0 Å². The third-order valence-corrected chi connectivity index (χ3v) is 5.74. The summed E-state index contributed by atoms with van der Waals surface area (Å²) in [5.41, 5.74) is -0.600. The van der Waals surface area contributed by atoms with Crippen LogP contribution in [-0.4, -0.2) is 83.8 Å². The molecule has 7 atom stereocenters. The molecule has 0 bridgehead atoms. The Balaban J connectivity index is 1.76. The molecule has 0 unspecified atom stereocenters. The standard InChI is InChI=1S/C21H22O11/c22-6-11-14(25)17(28)19(30)21(32-11)12-9(24)5-10-13(15(12)26)16(27)18(29)20(31-10)7-1-3-8(23)4-2-7/h1-5,11,14,17-26,28-30H,6H2/t11-,14+,17+,18+,19-,20-,21-/m1/s1. The number of phenolic OH excluding ortho intramolecular Hbond substituents is 3. The zero-order valence-corrected chi connectivity index (χ0v) is 16.4. The Bertz CT molecular complexity index is 1020. The van der Waals surface area contributed by atoms with Gasteiger partial charge < -0.3 is 50.3 Å². The van der Waals surface area contributed by atoms with E-state index < -0.39 is 77.7 Å². The molecule has 2 aromatic carbocycles. The Kier molecular flexibility index (Phi) is 5.71. The molecule has 0 amide bonds. The highest BCUT2D eigenvalue weighted by Gasteiger charge is 2.48. The van der Waals surface area contributed by atoms with Crippen LogP contribution in [0.2, 0.25) is 0 Å². The lowest BCUT2D eigenvalue weighted by molar-refractivity contribution is -0.232. The summed E-state index contributed by atoms with van der Waals surface area (Å²) in [6, 6.07) is 6.53. The second kappa shape index (κ2) is 8.20. The first kappa shape index (κ1) is 22.3. The van der Waals surface area contributed by atoms with E-state index in [2.05, 4.69) is 0 Å². The Morgan fingerprint density at radius 2 is 1.53 bits per heavy atom. The van der Waals surface area contributed by atoms with Gasteiger partial charge >= 0.3 is 0 Å². The third kappa shape index (κ3) is 3.45. The molecule has 2 aromatic rings. The zero-order chi connectivity index (χ0) is 23.3. The number of rotatable bonds is 3. The van der Waals surface area contributed by atoms with Gasteiger partial charge in [-0.25, -0.2) is 0 Å². The number of hydrogen-bond acceptors (Lipinski definition) is 11. The number of aromatic hydroxyl groups is 3. The van der Waals surface area contributed by atoms with Gasteiger partial charge in [-0.05, 0) is 17.7 Å². The van der Waals surface area contributed by atoms with Crippen molar-refractivity contribution in [1.29, 1.82) is 0 Å². The lowest BCUT2D eigenvalue weighted by Gasteiger charge is -2.41. The normalized spacial score (nSPS) is 32.3. The summed E-state index contributed by atoms with van der Waals surface area (Å²) in [7, 11) is 0. The molecule has 8 N–H and O–H groups in total. The van der Waals surface area contributed by atoms with E-state index in [1.54, 1.807) is 0 Å². The van der Waals surface area contributed by atoms with E-state index in [4.69, 9.17) is 9.47 Å². The quantitative estimate of drug-likeness (QED) is 0.285. The number of benzene rings is 2. The van der Waals surface area contributed by atoms with Gasteiger partial charge in [-0.1, -0.05) is 12.1 Å². The molecule has 2 aliphatic rings. The molecule has 172 valence electrons. The number of hydrogen-bond donors (Lipinski definition) is 8. The minimum absolute atomic E-state index is 0.0368. The van der Waals surface area contributed by atoms with E-state index in [0.29, 0.717) is 5.56 Å². The summed E-state index contributed by atoms with van der Waals surface area (Å²) in [6.07, 6.45) is -11.1. The number of phenols is 3. The van der Waals surface area contributed by atoms with Gasteiger partial charge in [0.2, 0.25) is 5.78 Å². The highest BCUT2D eigenvalue weighted by Crippen LogP contribution is 2.49. The fourth-order valence-electron chi connectivity index (χ4n) is 4.00. The molecule has 0 spiro atoms. The maximum atomic E-state index is 12.9. The smallest absolute Gasteiger partial charge is 0.202 e. The molecule has 1 saturated heterocycles. The van der Waals surface area contributed by atoms with Crippen LogP contribution in [0.5, 0.6) is 23.0 Å². The van der Waals surface area contributed by atoms with Gasteiger partial charge in [0.1, 0.15) is 59.1 Å². The number of carbonyl (C=O) groups excluding carboxylic acids is 1. The lowest BCUT2D eigenvalue weighted by atomic mass is 9.86. The molecule has 0 radical (unpaired) electrons. The summed E-state index contributed by atoms with van der Waals surface area (Å²) in [4.78, 5) is 12.9. The largest absolute Gasteiger partial charge is 0.508 e. The van der Waals surface area contributed by atoms with Crippen LogP contribution in [0.25, 0.3) is 0 Å². The first-order valence-electron chi connectivity index (χ1n) is 9.72. The van der Waals surface area contributed by atoms with Crippen LogP contribution < -0.4 is 4.74 Å². The SMILES string of the molecule is O=C1c2c(cc(O)c([C@H]3O[C@H](CO)[C@H](O)[C@H](O)[C@H]3O)c2O)O[C@H](c2ccc(O)cc2)[C@H]1O. The van der Waals surface area contributed by atoms with Crippen molar-refractivity contribution in [3.8, 4) is 23.0 Å². The molecular weight excluding hydrogens is 428 g/mol. The molecule has 32 heavy (non-hydrogen) atoms. The van der Waals surface area contributed by atoms with Gasteiger partial charge in [0.05, 0.1) is 12.2 Å². The average molecular weight is 450 g/mol. The van der Waals surface area contributed by atoms with E-state index in [9.17, 15) is 45.6 Å². The molecule has 2 aliphatic heterocycles. The van der Waals surface area contributed by atoms with Crippen LogP contribution in [0.3, 0.4) is 0 Å². The van der Waals surface area contributed by atoms with Gasteiger partial charge in [0.25, 0.3) is 0 Å². The van der Waals surface area contributed by atoms with Crippen molar-refractivity contribution in [2.45, 2.75) is 42.7 Å². The van der Waals surface area contributed by atoms with Crippen LogP contribution in [-0.2, 0) is 4.74 Å². The van der Waals surface area contributed by atoms with Crippen molar-refractivity contribution in [2.75, 3.05) is 6.61 Å². The molecule has 4 rings (SSSR count). The Labute approximate surface area is 181 Å². The van der Waals surface area contributed by atoms with Crippen molar-refractivity contribution < 1.29 is 55.1 Å². The predicted octanol–water partition coefficient (Wildman–Crippen LogP) is -1.00. The van der Waals surface area contributed by atoms with Crippen LogP contribution in [0.15, 0.2) is 30.3 Å². The maximum Gasteiger partial charge on any atom is 0.202 e. The number of aliphatic hydroxyl groups excluding tert-OH is 5. The van der Waals surface area contributed by atoms with Crippen molar-refractivity contribution >= 4 is 5.78 Å². The second-order valence-electron chi connectivity index (χ2n) is 7.72. The van der Waals surface area contributed by atoms with E-state index in [0.717, 1.165) is 6.07 Å². The molecule has 11 nitrogen and oxygen atoms in total. The highest BCUT2D eigenvalue weighted by molar-refractivity contribution is 6.06. The van der Waals surface area contributed by atoms with Crippen molar-refractivity contribution in [3.63, 3.8) is 0 Å². The monoisotopic (exact) mass is 450 g/mol. The first-order valence-corrected chi connectivity index (χ1v) is 9.72. The summed E-state index contributed by atoms with van der Waals surface area (Å²) in [5, 5.41) is 80.9. The zero-order valence-electron chi connectivity index (χ0n) is 16.4. The third-order valence-electron chi connectivity index (χ3n) is 5.74. The Morgan fingerprint density at radius 3 is 2.16 bits per heavy atom. The van der Waals surface area contributed by atoms with Crippen LogP contribution >= 0.6 is 0 Å². The van der Waals surface area contributed by atoms with Gasteiger partial charge in [-0.15, -0.1) is 0 Å². The Morgan fingerprint density at radius 1 is 0.875 bits per heavy atom. The maximum absolute atomic E-state index is 12.9. The van der Waals surface area contributed by atoms with Crippen LogP contribution in [0, 0.1) is 0 Å². The van der Waals surface area contributed by atoms with E-state index in [1.165, 1.54) is 24.3 Å². The summed E-state index contributed by atoms with van der Waals surface area (Å²) >= 11 is 0. The topological polar surface area (TPSA) is 197 Å². The summed E-state index contributed by atoms with van der Waals surface area (Å²) in [6.45, 7) is -0.733. The first-order chi connectivity index (χ1) is 15.1. The molecule has 1 fully saturated rings. The number of carbonyl (C=O) groups is 1. The fourth-order valence-corrected chi connectivity index (χ4v) is 4.00. The molecular formula is C21H22O11. The van der Waals surface area contributed by atoms with Crippen molar-refractivity contribution in [2.24, 2.45) is 0 Å². The van der Waals surface area contributed by atoms with E-state index in [1.807, 2.05) is 0 Å². The van der Waals surface area contributed by atoms with Gasteiger partial charge in [-0.2, -0.15) is 0 Å². The second-order valence-corrected chi connectivity index (χ2v) is 7.72. The minimum atomic E-state index is -1.82. The highest BCUT2D eigenvalue weighted by atomic mass is 16.5. The van der Waals surface area contributed by atoms with E-state index >= 15 is 0 Å². The molecule has 0 aromatic heterocycles. The number of Topliss-reactive ketones (excluding diaryl/α,β-unsaturated/α-hetero) is 1. The van der Waals surface area contributed by atoms with Gasteiger partial charge in [0, 0.05) is 6.07 Å². The predicted molar refractivity (Wildman–Crippen MR) is 104 cm³/mol. The number of aliphatic hydroxyl groups is 5. The lowest BCUT2D eigenvalue weighted by Crippen LogP contribution is -2.55. The summed E-state index contributed by atoms with van der Waals surface area (Å²) in [5.74, 6) is -2.73. The number of ketones is 1. The molecule has 0 aliphatic carbocycles. The fraction of sp³-hybridized carbons (Fsp3) is 0.381. The summed E-state index contributed by atoms with van der Waals surface area (Å²) < 4.78 is 11.0. The number of ether oxygens (including phenoxy) is 2.